The smallest absolute Gasteiger partial charge is 0.0208 e. The van der Waals surface area contributed by atoms with Gasteiger partial charge in [0, 0.05) is 3.57 Å². The summed E-state index contributed by atoms with van der Waals surface area (Å²) in [7, 11) is 0. The van der Waals surface area contributed by atoms with Crippen LogP contribution in [-0.2, 0) is 0 Å². The zero-order chi connectivity index (χ0) is 10.4. The third-order valence-corrected chi connectivity index (χ3v) is 2.77. The van der Waals surface area contributed by atoms with Gasteiger partial charge in [-0.1, -0.05) is 49.1 Å². The van der Waals surface area contributed by atoms with Crippen LogP contribution in [0.4, 0.5) is 0 Å². The van der Waals surface area contributed by atoms with E-state index in [1.54, 1.807) is 0 Å². The van der Waals surface area contributed by atoms with E-state index in [1.165, 1.54) is 14.7 Å². The van der Waals surface area contributed by atoms with Crippen LogP contribution in [0, 0.1) is 3.57 Å². The fraction of sp³-hybridized carbons (Fsp3) is 0.0769. The van der Waals surface area contributed by atoms with Crippen LogP contribution in [-0.4, -0.2) is 0 Å². The molecule has 0 saturated heterocycles. The van der Waals surface area contributed by atoms with E-state index in [-0.39, 0.29) is 0 Å². The Morgan fingerprint density at radius 3 is 2.64 bits per heavy atom. The molecule has 0 spiro atoms. The van der Waals surface area contributed by atoms with Gasteiger partial charge in [-0.25, -0.2) is 0 Å². The van der Waals surface area contributed by atoms with Crippen molar-refractivity contribution < 1.29 is 0 Å². The second-order valence-corrected chi connectivity index (χ2v) is 4.00. The average Bonchev–Trinajstić information content (AvgIpc) is 2.18. The Balaban J connectivity index is 3.18. The van der Waals surface area contributed by atoms with E-state index >= 15 is 0 Å². The molecule has 0 bridgehead atoms. The Morgan fingerprint density at radius 2 is 2.07 bits per heavy atom. The van der Waals surface area contributed by atoms with Crippen molar-refractivity contribution in [3.05, 3.63) is 64.3 Å². The van der Waals surface area contributed by atoms with Gasteiger partial charge >= 0.3 is 0 Å². The average molecular weight is 296 g/mol. The second kappa shape index (κ2) is 5.81. The molecule has 0 aliphatic carbocycles. The molecule has 0 radical (unpaired) electrons. The summed E-state index contributed by atoms with van der Waals surface area (Å²) < 4.78 is 1.26. The minimum atomic E-state index is 1.20. The number of allylic oxidation sites excluding steroid dienone is 5. The summed E-state index contributed by atoms with van der Waals surface area (Å²) in [5.41, 5.74) is 2.46. The zero-order valence-corrected chi connectivity index (χ0v) is 10.4. The predicted octanol–water partition coefficient (Wildman–Crippen LogP) is 4.44. The van der Waals surface area contributed by atoms with Crippen molar-refractivity contribution in [1.29, 1.82) is 0 Å². The summed E-state index contributed by atoms with van der Waals surface area (Å²) in [6, 6.07) is 8.33. The lowest BCUT2D eigenvalue weighted by atomic mass is 10.1. The highest BCUT2D eigenvalue weighted by Gasteiger charge is 2.00. The Labute approximate surface area is 99.2 Å². The molecule has 0 unspecified atom stereocenters. The fourth-order valence-corrected chi connectivity index (χ4v) is 1.94. The lowest BCUT2D eigenvalue weighted by Gasteiger charge is -2.04. The van der Waals surface area contributed by atoms with Crippen molar-refractivity contribution in [3.8, 4) is 0 Å². The van der Waals surface area contributed by atoms with Gasteiger partial charge in [-0.05, 0) is 46.7 Å². The highest BCUT2D eigenvalue weighted by atomic mass is 127. The standard InChI is InChI=1S/C13H13I/c1-3-7-11(8-4-2)12-9-5-6-10-13(12)14/h3-10H,1H2,2H3/b8-4-,11-7+. The number of benzene rings is 1. The first-order chi connectivity index (χ1) is 6.79. The first kappa shape index (κ1) is 11.2. The third-order valence-electron chi connectivity index (χ3n) is 1.83. The molecule has 72 valence electrons. The first-order valence-corrected chi connectivity index (χ1v) is 5.57. The van der Waals surface area contributed by atoms with Gasteiger partial charge in [0.15, 0.2) is 0 Å². The number of halogens is 1. The molecule has 0 heterocycles. The molecule has 0 nitrogen and oxygen atoms in total. The van der Waals surface area contributed by atoms with Gasteiger partial charge in [-0.2, -0.15) is 0 Å². The van der Waals surface area contributed by atoms with E-state index in [4.69, 9.17) is 0 Å². The summed E-state index contributed by atoms with van der Waals surface area (Å²) in [5.74, 6) is 0. The Hall–Kier alpha value is -0.830. The van der Waals surface area contributed by atoms with Crippen LogP contribution in [0.2, 0.25) is 0 Å². The van der Waals surface area contributed by atoms with Crippen LogP contribution < -0.4 is 0 Å². The number of rotatable bonds is 3. The SMILES string of the molecule is C=C/C=C(\C=C/C)c1ccccc1I. The van der Waals surface area contributed by atoms with E-state index in [0.717, 1.165) is 0 Å². The van der Waals surface area contributed by atoms with Crippen molar-refractivity contribution in [1.82, 2.24) is 0 Å². The van der Waals surface area contributed by atoms with Crippen LogP contribution in [0.25, 0.3) is 5.57 Å². The van der Waals surface area contributed by atoms with E-state index < -0.39 is 0 Å². The minimum Gasteiger partial charge on any atom is -0.0990 e. The molecule has 0 aliphatic heterocycles. The van der Waals surface area contributed by atoms with E-state index in [9.17, 15) is 0 Å². The molecule has 14 heavy (non-hydrogen) atoms. The Bertz CT molecular complexity index is 373. The molecule has 0 aliphatic rings. The highest BCUT2D eigenvalue weighted by molar-refractivity contribution is 14.1. The predicted molar refractivity (Wildman–Crippen MR) is 72.1 cm³/mol. The maximum atomic E-state index is 3.73. The van der Waals surface area contributed by atoms with Crippen molar-refractivity contribution in [2.75, 3.05) is 0 Å². The summed E-state index contributed by atoms with van der Waals surface area (Å²) in [4.78, 5) is 0. The van der Waals surface area contributed by atoms with Crippen LogP contribution in [0.3, 0.4) is 0 Å². The number of hydrogen-bond acceptors (Lipinski definition) is 0. The molecule has 0 fully saturated rings. The largest absolute Gasteiger partial charge is 0.0990 e. The zero-order valence-electron chi connectivity index (χ0n) is 8.20. The van der Waals surface area contributed by atoms with E-state index in [1.807, 2.05) is 31.2 Å². The maximum absolute atomic E-state index is 3.73. The van der Waals surface area contributed by atoms with Gasteiger partial charge in [-0.15, -0.1) is 0 Å². The quantitative estimate of drug-likeness (QED) is 0.571. The molecule has 1 aromatic rings. The summed E-state index contributed by atoms with van der Waals surface area (Å²) in [6.07, 6.45) is 7.98. The Morgan fingerprint density at radius 1 is 1.36 bits per heavy atom. The summed E-state index contributed by atoms with van der Waals surface area (Å²) >= 11 is 2.35. The van der Waals surface area contributed by atoms with Gasteiger partial charge < -0.3 is 0 Å². The molecule has 1 aromatic carbocycles. The summed E-state index contributed by atoms with van der Waals surface area (Å²) in [6.45, 7) is 5.75. The normalized spacial score (nSPS) is 12.0. The summed E-state index contributed by atoms with van der Waals surface area (Å²) in [5, 5.41) is 0. The highest BCUT2D eigenvalue weighted by Crippen LogP contribution is 2.21. The molecule has 1 rings (SSSR count). The maximum Gasteiger partial charge on any atom is 0.0208 e. The second-order valence-electron chi connectivity index (χ2n) is 2.84. The van der Waals surface area contributed by atoms with Crippen LogP contribution in [0.1, 0.15) is 12.5 Å². The molecule has 0 N–H and O–H groups in total. The van der Waals surface area contributed by atoms with Gasteiger partial charge in [0.1, 0.15) is 0 Å². The molecule has 1 heteroatoms. The molecule has 0 saturated carbocycles. The molecular weight excluding hydrogens is 283 g/mol. The first-order valence-electron chi connectivity index (χ1n) is 4.50. The third kappa shape index (κ3) is 2.84. The monoisotopic (exact) mass is 296 g/mol. The minimum absolute atomic E-state index is 1.20. The molecule has 0 aromatic heterocycles. The molecular formula is C13H13I. The van der Waals surface area contributed by atoms with Crippen molar-refractivity contribution >= 4 is 28.2 Å². The fourth-order valence-electron chi connectivity index (χ4n) is 1.24. The molecule has 0 amide bonds. The van der Waals surface area contributed by atoms with Gasteiger partial charge in [0.2, 0.25) is 0 Å². The lowest BCUT2D eigenvalue weighted by Crippen LogP contribution is -1.84. The van der Waals surface area contributed by atoms with Gasteiger partial charge in [0.25, 0.3) is 0 Å². The number of hydrogen-bond donors (Lipinski definition) is 0. The van der Waals surface area contributed by atoms with Gasteiger partial charge in [0.05, 0.1) is 0 Å². The molecule has 0 atom stereocenters. The van der Waals surface area contributed by atoms with E-state index in [0.29, 0.717) is 0 Å². The van der Waals surface area contributed by atoms with Gasteiger partial charge in [-0.3, -0.25) is 0 Å². The van der Waals surface area contributed by atoms with Crippen LogP contribution in [0.5, 0.6) is 0 Å². The van der Waals surface area contributed by atoms with Crippen molar-refractivity contribution in [3.63, 3.8) is 0 Å². The van der Waals surface area contributed by atoms with E-state index in [2.05, 4.69) is 53.4 Å². The van der Waals surface area contributed by atoms with Crippen LogP contribution in [0.15, 0.2) is 55.1 Å². The van der Waals surface area contributed by atoms with Crippen LogP contribution >= 0.6 is 22.6 Å². The topological polar surface area (TPSA) is 0 Å². The lowest BCUT2D eigenvalue weighted by molar-refractivity contribution is 1.55. The van der Waals surface area contributed by atoms with Crippen molar-refractivity contribution in [2.45, 2.75) is 6.92 Å². The Kier molecular flexibility index (Phi) is 4.66. The van der Waals surface area contributed by atoms with Crippen molar-refractivity contribution in [2.24, 2.45) is 0 Å².